The summed E-state index contributed by atoms with van der Waals surface area (Å²) < 4.78 is 13.5. The van der Waals surface area contributed by atoms with Crippen LogP contribution in [0.1, 0.15) is 5.69 Å². The van der Waals surface area contributed by atoms with Gasteiger partial charge in [-0.25, -0.2) is 9.59 Å². The third-order valence-corrected chi connectivity index (χ3v) is 1.33. The molecule has 0 fully saturated rings. The Hall–Kier alpha value is -1.85. The Morgan fingerprint density at radius 3 is 2.58 bits per heavy atom. The number of aryl methyl sites for hydroxylation is 1. The molecule has 12 heavy (non-hydrogen) atoms. The minimum absolute atomic E-state index is 0.0691. The predicted molar refractivity (Wildman–Crippen MR) is 35.8 cm³/mol. The van der Waals surface area contributed by atoms with Crippen LogP contribution in [-0.2, 0) is 0 Å². The van der Waals surface area contributed by atoms with Crippen LogP contribution in [-0.4, -0.2) is 5.16 Å². The minimum Gasteiger partial charge on any atom is -0.408 e. The molecular formula is C6H3NO5. The summed E-state index contributed by atoms with van der Waals surface area (Å²) in [6.07, 6.45) is 0. The van der Waals surface area contributed by atoms with E-state index in [1.54, 1.807) is 6.92 Å². The van der Waals surface area contributed by atoms with E-state index in [9.17, 15) is 9.59 Å². The van der Waals surface area contributed by atoms with Gasteiger partial charge in [-0.2, -0.15) is 0 Å². The highest BCUT2D eigenvalue weighted by Crippen LogP contribution is 2.12. The topological polar surface area (TPSA) is 86.5 Å². The molecule has 0 N–H and O–H groups in total. The van der Waals surface area contributed by atoms with Crippen LogP contribution in [0, 0.1) is 6.92 Å². The molecule has 0 bridgehead atoms. The van der Waals surface area contributed by atoms with Gasteiger partial charge in [-0.3, -0.25) is 0 Å². The van der Waals surface area contributed by atoms with Crippen LogP contribution < -0.4 is 11.3 Å². The van der Waals surface area contributed by atoms with Gasteiger partial charge in [0, 0.05) is 0 Å². The van der Waals surface area contributed by atoms with Crippen LogP contribution >= 0.6 is 0 Å². The standard InChI is InChI=1S/C6H3NO5/c1-2-3-6(12-7-2)11-5(9)4(8)10-3/h1H3. The summed E-state index contributed by atoms with van der Waals surface area (Å²) in [5.74, 6) is -0.169. The fraction of sp³-hybridized carbons (Fsp3) is 0.167. The minimum atomic E-state index is -1.10. The van der Waals surface area contributed by atoms with Crippen LogP contribution in [0.3, 0.4) is 0 Å². The average molecular weight is 169 g/mol. The first-order valence-corrected chi connectivity index (χ1v) is 3.09. The van der Waals surface area contributed by atoms with Crippen LogP contribution in [0.2, 0.25) is 0 Å². The highest BCUT2D eigenvalue weighted by molar-refractivity contribution is 5.64. The van der Waals surface area contributed by atoms with Crippen molar-refractivity contribution in [3.8, 4) is 0 Å². The van der Waals surface area contributed by atoms with Crippen LogP contribution in [0.25, 0.3) is 11.4 Å². The smallest absolute Gasteiger partial charge is 0.408 e. The second-order valence-electron chi connectivity index (χ2n) is 2.16. The highest BCUT2D eigenvalue weighted by Gasteiger charge is 2.11. The molecule has 0 saturated heterocycles. The summed E-state index contributed by atoms with van der Waals surface area (Å²) >= 11 is 0. The monoisotopic (exact) mass is 169 g/mol. The first kappa shape index (κ1) is 6.84. The Balaban J connectivity index is 3.07. The van der Waals surface area contributed by atoms with Crippen LogP contribution in [0.15, 0.2) is 22.9 Å². The zero-order valence-corrected chi connectivity index (χ0v) is 5.99. The molecule has 0 aliphatic heterocycles. The Morgan fingerprint density at radius 2 is 1.83 bits per heavy atom. The summed E-state index contributed by atoms with van der Waals surface area (Å²) in [6.45, 7) is 1.56. The van der Waals surface area contributed by atoms with E-state index in [0.717, 1.165) is 0 Å². The Bertz CT molecular complexity index is 531. The SMILES string of the molecule is Cc1noc2oc(=O)c(=O)oc12. The molecule has 6 heteroatoms. The summed E-state index contributed by atoms with van der Waals surface area (Å²) in [4.78, 5) is 21.2. The number of aromatic nitrogens is 1. The molecule has 0 saturated carbocycles. The fourth-order valence-corrected chi connectivity index (χ4v) is 0.781. The van der Waals surface area contributed by atoms with E-state index >= 15 is 0 Å². The molecular weight excluding hydrogens is 166 g/mol. The molecule has 6 nitrogen and oxygen atoms in total. The number of hydrogen-bond donors (Lipinski definition) is 0. The third-order valence-electron chi connectivity index (χ3n) is 1.33. The van der Waals surface area contributed by atoms with E-state index in [2.05, 4.69) is 18.5 Å². The van der Waals surface area contributed by atoms with Crippen molar-refractivity contribution in [3.05, 3.63) is 26.5 Å². The van der Waals surface area contributed by atoms with Gasteiger partial charge in [-0.05, 0) is 6.92 Å². The maximum Gasteiger partial charge on any atom is 0.425 e. The lowest BCUT2D eigenvalue weighted by atomic mass is 10.5. The molecule has 2 aromatic heterocycles. The van der Waals surface area contributed by atoms with Gasteiger partial charge < -0.3 is 13.4 Å². The fourth-order valence-electron chi connectivity index (χ4n) is 0.781. The van der Waals surface area contributed by atoms with Gasteiger partial charge in [-0.15, -0.1) is 0 Å². The van der Waals surface area contributed by atoms with E-state index in [4.69, 9.17) is 0 Å². The van der Waals surface area contributed by atoms with Gasteiger partial charge in [0.05, 0.1) is 0 Å². The van der Waals surface area contributed by atoms with Crippen molar-refractivity contribution in [1.82, 2.24) is 5.16 Å². The maximum absolute atomic E-state index is 10.6. The number of fused-ring (bicyclic) bond motifs is 1. The van der Waals surface area contributed by atoms with Crippen molar-refractivity contribution in [2.75, 3.05) is 0 Å². The molecule has 2 aromatic rings. The first-order chi connectivity index (χ1) is 5.68. The number of hydrogen-bond acceptors (Lipinski definition) is 6. The zero-order valence-electron chi connectivity index (χ0n) is 5.99. The second kappa shape index (κ2) is 2.07. The van der Waals surface area contributed by atoms with Gasteiger partial charge in [0.15, 0.2) is 0 Å². The van der Waals surface area contributed by atoms with Gasteiger partial charge in [-0.1, -0.05) is 5.16 Å². The summed E-state index contributed by atoms with van der Waals surface area (Å²) in [5, 5.41) is 3.44. The molecule has 0 spiro atoms. The van der Waals surface area contributed by atoms with E-state index in [1.807, 2.05) is 0 Å². The van der Waals surface area contributed by atoms with Crippen molar-refractivity contribution in [3.63, 3.8) is 0 Å². The van der Waals surface area contributed by atoms with Gasteiger partial charge in [0.2, 0.25) is 5.58 Å². The zero-order chi connectivity index (χ0) is 8.72. The number of nitrogens with zero attached hydrogens (tertiary/aromatic N) is 1. The van der Waals surface area contributed by atoms with E-state index in [1.165, 1.54) is 0 Å². The van der Waals surface area contributed by atoms with Gasteiger partial charge in [0.1, 0.15) is 5.69 Å². The van der Waals surface area contributed by atoms with E-state index in [-0.39, 0.29) is 11.4 Å². The Kier molecular flexibility index (Phi) is 1.18. The van der Waals surface area contributed by atoms with Crippen molar-refractivity contribution in [1.29, 1.82) is 0 Å². The molecule has 0 atom stereocenters. The quantitative estimate of drug-likeness (QED) is 0.517. The van der Waals surface area contributed by atoms with Crippen LogP contribution in [0.5, 0.6) is 0 Å². The molecule has 0 radical (unpaired) electrons. The Labute approximate surface area is 64.4 Å². The molecule has 0 aliphatic carbocycles. The Morgan fingerprint density at radius 1 is 1.17 bits per heavy atom. The summed E-state index contributed by atoms with van der Waals surface area (Å²) in [5.41, 5.74) is -1.72. The molecule has 0 amide bonds. The van der Waals surface area contributed by atoms with Gasteiger partial charge >= 0.3 is 17.0 Å². The molecule has 62 valence electrons. The largest absolute Gasteiger partial charge is 0.425 e. The maximum atomic E-state index is 10.6. The van der Waals surface area contributed by atoms with E-state index < -0.39 is 11.3 Å². The first-order valence-electron chi connectivity index (χ1n) is 3.09. The average Bonchev–Trinajstić information content (AvgIpc) is 2.35. The van der Waals surface area contributed by atoms with Crippen molar-refractivity contribution < 1.29 is 13.4 Å². The normalized spacial score (nSPS) is 10.8. The molecule has 0 unspecified atom stereocenters. The summed E-state index contributed by atoms with van der Waals surface area (Å²) in [6, 6.07) is 0. The summed E-state index contributed by atoms with van der Waals surface area (Å²) in [7, 11) is 0. The van der Waals surface area contributed by atoms with Gasteiger partial charge in [0.25, 0.3) is 0 Å². The van der Waals surface area contributed by atoms with Crippen LogP contribution in [0.4, 0.5) is 0 Å². The van der Waals surface area contributed by atoms with Crippen molar-refractivity contribution in [2.45, 2.75) is 6.92 Å². The predicted octanol–water partition coefficient (Wildman–Crippen LogP) is 0.0426. The lowest BCUT2D eigenvalue weighted by Gasteiger charge is -1.81. The lowest BCUT2D eigenvalue weighted by Crippen LogP contribution is -2.20. The lowest BCUT2D eigenvalue weighted by molar-refractivity contribution is 0.352. The highest BCUT2D eigenvalue weighted by atomic mass is 16.6. The second-order valence-corrected chi connectivity index (χ2v) is 2.16. The molecule has 0 aliphatic rings. The third kappa shape index (κ3) is 0.777. The van der Waals surface area contributed by atoms with E-state index in [0.29, 0.717) is 5.69 Å². The molecule has 2 heterocycles. The number of rotatable bonds is 0. The molecule has 0 aromatic carbocycles. The molecule has 2 rings (SSSR count). The van der Waals surface area contributed by atoms with Crippen molar-refractivity contribution >= 4 is 11.4 Å². The van der Waals surface area contributed by atoms with Crippen molar-refractivity contribution in [2.24, 2.45) is 0 Å².